The molecule has 0 spiro atoms. The van der Waals surface area contributed by atoms with Gasteiger partial charge in [0.2, 0.25) is 0 Å². The van der Waals surface area contributed by atoms with E-state index >= 15 is 0 Å². The van der Waals surface area contributed by atoms with Crippen molar-refractivity contribution < 1.29 is 0 Å². The van der Waals surface area contributed by atoms with Crippen molar-refractivity contribution in [3.63, 3.8) is 0 Å². The molecule has 0 amide bonds. The molecule has 0 N–H and O–H groups in total. The summed E-state index contributed by atoms with van der Waals surface area (Å²) in [6.07, 6.45) is 0. The number of aromatic nitrogens is 2. The predicted molar refractivity (Wildman–Crippen MR) is 88.3 cm³/mol. The lowest BCUT2D eigenvalue weighted by molar-refractivity contribution is 1.23. The van der Waals surface area contributed by atoms with E-state index in [9.17, 15) is 0 Å². The largest absolute Gasteiger partial charge is 0.228 e. The summed E-state index contributed by atoms with van der Waals surface area (Å²) in [7, 11) is 0. The molecule has 3 rings (SSSR count). The van der Waals surface area contributed by atoms with Crippen LogP contribution < -0.4 is 0 Å². The zero-order valence-electron chi connectivity index (χ0n) is 9.12. The van der Waals surface area contributed by atoms with Crippen LogP contribution in [0.25, 0.3) is 22.3 Å². The Bertz CT molecular complexity index is 789. The first kappa shape index (κ1) is 13.8. The van der Waals surface area contributed by atoms with Gasteiger partial charge < -0.3 is 0 Å². The highest BCUT2D eigenvalue weighted by molar-refractivity contribution is 9.12. The van der Waals surface area contributed by atoms with Gasteiger partial charge in [0, 0.05) is 16.0 Å². The van der Waals surface area contributed by atoms with E-state index in [-0.39, 0.29) is 0 Å². The van der Waals surface area contributed by atoms with Crippen LogP contribution in [0.3, 0.4) is 0 Å². The molecular formula is C12H4Br2Cl2N2S. The summed E-state index contributed by atoms with van der Waals surface area (Å²) in [6, 6.07) is 7.33. The maximum Gasteiger partial charge on any atom is 0.163 e. The van der Waals surface area contributed by atoms with Crippen LogP contribution in [-0.2, 0) is 0 Å². The molecule has 96 valence electrons. The van der Waals surface area contributed by atoms with Crippen molar-refractivity contribution in [1.82, 2.24) is 9.97 Å². The van der Waals surface area contributed by atoms with Crippen LogP contribution in [0.4, 0.5) is 0 Å². The average Bonchev–Trinajstić information content (AvgIpc) is 2.67. The van der Waals surface area contributed by atoms with Gasteiger partial charge in [0.05, 0.1) is 13.1 Å². The normalized spacial score (nSPS) is 11.2. The lowest BCUT2D eigenvalue weighted by atomic mass is 10.2. The van der Waals surface area contributed by atoms with Gasteiger partial charge in [0.25, 0.3) is 0 Å². The van der Waals surface area contributed by atoms with Gasteiger partial charge in [-0.25, -0.2) is 9.97 Å². The SMILES string of the molecule is Clc1ccc2c(Cl)nc(-c3cc(Br)sc3Br)nc2c1. The minimum atomic E-state index is 0.422. The molecule has 3 aromatic rings. The molecule has 0 fully saturated rings. The number of rotatable bonds is 1. The molecule has 7 heteroatoms. The maximum absolute atomic E-state index is 6.21. The van der Waals surface area contributed by atoms with E-state index in [0.717, 1.165) is 24.0 Å². The van der Waals surface area contributed by atoms with E-state index in [4.69, 9.17) is 23.2 Å². The van der Waals surface area contributed by atoms with Crippen LogP contribution in [-0.4, -0.2) is 9.97 Å². The molecule has 0 bridgehead atoms. The third-order valence-electron chi connectivity index (χ3n) is 2.51. The molecule has 0 unspecified atom stereocenters. The Morgan fingerprint density at radius 2 is 1.84 bits per heavy atom. The Morgan fingerprint density at radius 1 is 1.05 bits per heavy atom. The summed E-state index contributed by atoms with van der Waals surface area (Å²) in [5, 5.41) is 1.84. The topological polar surface area (TPSA) is 25.8 Å². The van der Waals surface area contributed by atoms with Crippen LogP contribution in [0.15, 0.2) is 31.8 Å². The second-order valence-electron chi connectivity index (χ2n) is 3.74. The Hall–Kier alpha value is -0.200. The highest BCUT2D eigenvalue weighted by Gasteiger charge is 2.13. The molecule has 0 aliphatic rings. The number of halogens is 4. The molecular weight excluding hydrogens is 435 g/mol. The Morgan fingerprint density at radius 3 is 2.53 bits per heavy atom. The Balaban J connectivity index is 2.28. The second-order valence-corrected chi connectivity index (χ2v) is 8.28. The minimum absolute atomic E-state index is 0.422. The first-order chi connectivity index (χ1) is 9.04. The number of fused-ring (bicyclic) bond motifs is 1. The van der Waals surface area contributed by atoms with Crippen LogP contribution in [0.5, 0.6) is 0 Å². The summed E-state index contributed by atoms with van der Waals surface area (Å²) < 4.78 is 1.96. The van der Waals surface area contributed by atoms with Crippen molar-refractivity contribution >= 4 is 77.3 Å². The second kappa shape index (κ2) is 5.30. The quantitative estimate of drug-likeness (QED) is 0.423. The van der Waals surface area contributed by atoms with Crippen molar-refractivity contribution in [3.05, 3.63) is 42.0 Å². The monoisotopic (exact) mass is 436 g/mol. The average molecular weight is 439 g/mol. The molecule has 0 aliphatic heterocycles. The van der Waals surface area contributed by atoms with Crippen molar-refractivity contribution in [2.45, 2.75) is 0 Å². The van der Waals surface area contributed by atoms with Crippen LogP contribution in [0, 0.1) is 0 Å². The molecule has 1 aromatic carbocycles. The van der Waals surface area contributed by atoms with Crippen molar-refractivity contribution in [2.75, 3.05) is 0 Å². The van der Waals surface area contributed by atoms with E-state index in [0.29, 0.717) is 16.0 Å². The first-order valence-electron chi connectivity index (χ1n) is 5.12. The van der Waals surface area contributed by atoms with Crippen molar-refractivity contribution in [2.24, 2.45) is 0 Å². The molecule has 2 aromatic heterocycles. The van der Waals surface area contributed by atoms with Gasteiger partial charge in [-0.2, -0.15) is 0 Å². The molecule has 0 saturated heterocycles. The van der Waals surface area contributed by atoms with Gasteiger partial charge >= 0.3 is 0 Å². The molecule has 2 heterocycles. The summed E-state index contributed by atoms with van der Waals surface area (Å²) in [6.45, 7) is 0. The van der Waals surface area contributed by atoms with Gasteiger partial charge in [-0.05, 0) is 56.1 Å². The van der Waals surface area contributed by atoms with Gasteiger partial charge in [-0.3, -0.25) is 0 Å². The van der Waals surface area contributed by atoms with E-state index in [1.807, 2.05) is 12.1 Å². The van der Waals surface area contributed by atoms with E-state index in [2.05, 4.69) is 41.8 Å². The third-order valence-corrected chi connectivity index (χ3v) is 5.37. The molecule has 0 atom stereocenters. The van der Waals surface area contributed by atoms with Crippen LogP contribution in [0.1, 0.15) is 0 Å². The van der Waals surface area contributed by atoms with Gasteiger partial charge in [-0.15, -0.1) is 11.3 Å². The molecule has 19 heavy (non-hydrogen) atoms. The molecule has 0 aliphatic carbocycles. The summed E-state index contributed by atoms with van der Waals surface area (Å²) in [4.78, 5) is 8.86. The van der Waals surface area contributed by atoms with Crippen LogP contribution >= 0.6 is 66.4 Å². The van der Waals surface area contributed by atoms with E-state index in [1.54, 1.807) is 23.5 Å². The fourth-order valence-electron chi connectivity index (χ4n) is 1.68. The lowest BCUT2D eigenvalue weighted by Gasteiger charge is -2.04. The van der Waals surface area contributed by atoms with Crippen molar-refractivity contribution in [1.29, 1.82) is 0 Å². The number of hydrogen-bond acceptors (Lipinski definition) is 3. The van der Waals surface area contributed by atoms with E-state index < -0.39 is 0 Å². The van der Waals surface area contributed by atoms with Gasteiger partial charge in [0.15, 0.2) is 5.82 Å². The zero-order valence-corrected chi connectivity index (χ0v) is 14.6. The standard InChI is InChI=1S/C12H4Br2Cl2N2S/c13-9-4-7(10(14)19-9)12-17-8-3-5(15)1-2-6(8)11(16)18-12/h1-4H. The minimum Gasteiger partial charge on any atom is -0.228 e. The van der Waals surface area contributed by atoms with Gasteiger partial charge in [-0.1, -0.05) is 23.2 Å². The number of nitrogens with zero attached hydrogens (tertiary/aromatic N) is 2. The first-order valence-corrected chi connectivity index (χ1v) is 8.28. The fourth-order valence-corrected chi connectivity index (χ4v) is 4.87. The highest BCUT2D eigenvalue weighted by Crippen LogP contribution is 2.38. The molecule has 0 saturated carbocycles. The molecule has 2 nitrogen and oxygen atoms in total. The number of hydrogen-bond donors (Lipinski definition) is 0. The molecule has 0 radical (unpaired) electrons. The number of thiophene rings is 1. The Labute approximate surface area is 140 Å². The Kier molecular flexibility index (Phi) is 3.84. The summed E-state index contributed by atoms with van der Waals surface area (Å²) in [5.41, 5.74) is 1.64. The number of benzene rings is 1. The summed E-state index contributed by atoms with van der Waals surface area (Å²) >= 11 is 20.7. The van der Waals surface area contributed by atoms with Crippen molar-refractivity contribution in [3.8, 4) is 11.4 Å². The highest BCUT2D eigenvalue weighted by atomic mass is 79.9. The smallest absolute Gasteiger partial charge is 0.163 e. The fraction of sp³-hybridized carbons (Fsp3) is 0. The lowest BCUT2D eigenvalue weighted by Crippen LogP contribution is -1.91. The zero-order chi connectivity index (χ0) is 13.6. The maximum atomic E-state index is 6.21. The third kappa shape index (κ3) is 2.67. The van der Waals surface area contributed by atoms with E-state index in [1.165, 1.54) is 0 Å². The van der Waals surface area contributed by atoms with Gasteiger partial charge in [0.1, 0.15) is 5.15 Å². The summed E-state index contributed by atoms with van der Waals surface area (Å²) in [5.74, 6) is 0.577. The van der Waals surface area contributed by atoms with Crippen LogP contribution in [0.2, 0.25) is 10.2 Å². The predicted octanol–water partition coefficient (Wildman–Crippen LogP) is 6.19.